The van der Waals surface area contributed by atoms with Crippen molar-refractivity contribution >= 4 is 27.0 Å². The maximum absolute atomic E-state index is 12.4. The van der Waals surface area contributed by atoms with E-state index >= 15 is 0 Å². The normalized spacial score (nSPS) is 11.4. The van der Waals surface area contributed by atoms with Crippen molar-refractivity contribution in [1.82, 2.24) is 4.72 Å². The largest absolute Gasteiger partial charge is 0.384 e. The van der Waals surface area contributed by atoms with E-state index in [-0.39, 0.29) is 0 Å². The quantitative estimate of drug-likeness (QED) is 0.826. The Kier molecular flexibility index (Phi) is 5.17. The molecule has 4 nitrogen and oxygen atoms in total. The van der Waals surface area contributed by atoms with Crippen LogP contribution in [0.2, 0.25) is 0 Å². The van der Waals surface area contributed by atoms with E-state index in [9.17, 15) is 8.42 Å². The number of nitrogens with one attached hydrogen (secondary N) is 2. The van der Waals surface area contributed by atoms with Gasteiger partial charge in [0, 0.05) is 13.1 Å². The van der Waals surface area contributed by atoms with Crippen LogP contribution in [0.5, 0.6) is 0 Å². The molecule has 6 heteroatoms. The van der Waals surface area contributed by atoms with Gasteiger partial charge in [0.1, 0.15) is 4.90 Å². The van der Waals surface area contributed by atoms with Crippen LogP contribution in [0.3, 0.4) is 0 Å². The second-order valence-electron chi connectivity index (χ2n) is 4.38. The van der Waals surface area contributed by atoms with E-state index < -0.39 is 10.0 Å². The molecule has 0 saturated carbocycles. The first kappa shape index (κ1) is 15.0. The van der Waals surface area contributed by atoms with Crippen molar-refractivity contribution in [1.29, 1.82) is 0 Å². The summed E-state index contributed by atoms with van der Waals surface area (Å²) >= 11 is 1.55. The van der Waals surface area contributed by atoms with Gasteiger partial charge < -0.3 is 5.32 Å². The van der Waals surface area contributed by atoms with E-state index in [2.05, 4.69) is 10.0 Å². The molecule has 1 aromatic heterocycles. The Hall–Kier alpha value is -1.37. The average molecular weight is 310 g/mol. The third kappa shape index (κ3) is 3.82. The molecular weight excluding hydrogens is 292 g/mol. The standard InChI is InChI=1S/C14H18N2O2S2/c1-2-8-15-13-5-3-4-6-14(13)20(17,18)16-10-12-7-9-19-11-12/h3-7,9,11,15-16H,2,8,10H2,1H3. The highest BCUT2D eigenvalue weighted by Crippen LogP contribution is 2.21. The molecule has 0 fully saturated rings. The Bertz CT molecular complexity index is 637. The Morgan fingerprint density at radius 1 is 1.20 bits per heavy atom. The van der Waals surface area contributed by atoms with Crippen LogP contribution in [0.25, 0.3) is 0 Å². The summed E-state index contributed by atoms with van der Waals surface area (Å²) in [4.78, 5) is 0.295. The molecule has 0 spiro atoms. The summed E-state index contributed by atoms with van der Waals surface area (Å²) in [5, 5.41) is 7.01. The summed E-state index contributed by atoms with van der Waals surface area (Å²) in [6, 6.07) is 8.88. The maximum Gasteiger partial charge on any atom is 0.242 e. The summed E-state index contributed by atoms with van der Waals surface area (Å²) in [5.74, 6) is 0. The van der Waals surface area contributed by atoms with Crippen molar-refractivity contribution in [2.45, 2.75) is 24.8 Å². The topological polar surface area (TPSA) is 58.2 Å². The van der Waals surface area contributed by atoms with Gasteiger partial charge >= 0.3 is 0 Å². The number of anilines is 1. The molecule has 0 unspecified atom stereocenters. The molecule has 0 saturated heterocycles. The van der Waals surface area contributed by atoms with Crippen LogP contribution >= 0.6 is 11.3 Å². The van der Waals surface area contributed by atoms with Crippen molar-refractivity contribution in [2.75, 3.05) is 11.9 Å². The molecule has 1 heterocycles. The van der Waals surface area contributed by atoms with Crippen LogP contribution in [-0.4, -0.2) is 15.0 Å². The van der Waals surface area contributed by atoms with E-state index in [1.54, 1.807) is 29.5 Å². The first-order chi connectivity index (χ1) is 9.63. The van der Waals surface area contributed by atoms with E-state index in [1.807, 2.05) is 29.8 Å². The predicted octanol–water partition coefficient (Wildman–Crippen LogP) is 3.05. The molecule has 2 aromatic rings. The van der Waals surface area contributed by atoms with Gasteiger partial charge in [-0.2, -0.15) is 11.3 Å². The Morgan fingerprint density at radius 3 is 2.70 bits per heavy atom. The van der Waals surface area contributed by atoms with Gasteiger partial charge in [-0.1, -0.05) is 19.1 Å². The fourth-order valence-corrected chi connectivity index (χ4v) is 3.62. The van der Waals surface area contributed by atoms with Gasteiger partial charge in [0.25, 0.3) is 0 Å². The number of hydrogen-bond donors (Lipinski definition) is 2. The predicted molar refractivity (Wildman–Crippen MR) is 83.6 cm³/mol. The lowest BCUT2D eigenvalue weighted by atomic mass is 10.3. The Morgan fingerprint density at radius 2 is 2.00 bits per heavy atom. The first-order valence-electron chi connectivity index (χ1n) is 6.47. The highest BCUT2D eigenvalue weighted by molar-refractivity contribution is 7.89. The molecule has 20 heavy (non-hydrogen) atoms. The van der Waals surface area contributed by atoms with Crippen LogP contribution in [-0.2, 0) is 16.6 Å². The SMILES string of the molecule is CCCNc1ccccc1S(=O)(=O)NCc1ccsc1. The van der Waals surface area contributed by atoms with E-state index in [1.165, 1.54) is 0 Å². The van der Waals surface area contributed by atoms with Crippen LogP contribution in [0.1, 0.15) is 18.9 Å². The van der Waals surface area contributed by atoms with Crippen molar-refractivity contribution in [3.8, 4) is 0 Å². The minimum atomic E-state index is -3.51. The molecule has 0 radical (unpaired) electrons. The molecule has 0 aliphatic heterocycles. The zero-order valence-electron chi connectivity index (χ0n) is 11.3. The second kappa shape index (κ2) is 6.88. The number of sulfonamides is 1. The van der Waals surface area contributed by atoms with Gasteiger partial charge in [-0.3, -0.25) is 0 Å². The van der Waals surface area contributed by atoms with Crippen molar-refractivity contribution in [3.05, 3.63) is 46.7 Å². The summed E-state index contributed by atoms with van der Waals surface area (Å²) in [7, 11) is -3.51. The van der Waals surface area contributed by atoms with E-state index in [0.29, 0.717) is 17.1 Å². The zero-order valence-corrected chi connectivity index (χ0v) is 12.9. The lowest BCUT2D eigenvalue weighted by molar-refractivity contribution is 0.581. The zero-order chi connectivity index (χ0) is 14.4. The van der Waals surface area contributed by atoms with Crippen molar-refractivity contribution in [3.63, 3.8) is 0 Å². The van der Waals surface area contributed by atoms with Gasteiger partial charge in [0.2, 0.25) is 10.0 Å². The first-order valence-corrected chi connectivity index (χ1v) is 8.89. The summed E-state index contributed by atoms with van der Waals surface area (Å²) in [6.45, 7) is 3.10. The van der Waals surface area contributed by atoms with Crippen LogP contribution in [0.4, 0.5) is 5.69 Å². The molecule has 0 aliphatic rings. The van der Waals surface area contributed by atoms with Crippen LogP contribution in [0.15, 0.2) is 46.0 Å². The monoisotopic (exact) mass is 310 g/mol. The fourth-order valence-electron chi connectivity index (χ4n) is 1.76. The molecule has 0 aliphatic carbocycles. The van der Waals surface area contributed by atoms with Crippen molar-refractivity contribution < 1.29 is 8.42 Å². The molecule has 0 atom stereocenters. The third-order valence-corrected chi connectivity index (χ3v) is 4.98. The Labute approximate surface area is 123 Å². The van der Waals surface area contributed by atoms with Crippen molar-refractivity contribution in [2.24, 2.45) is 0 Å². The van der Waals surface area contributed by atoms with Gasteiger partial charge in [0.05, 0.1) is 5.69 Å². The fraction of sp³-hybridized carbons (Fsp3) is 0.286. The number of benzene rings is 1. The highest BCUT2D eigenvalue weighted by Gasteiger charge is 2.17. The maximum atomic E-state index is 12.4. The molecule has 2 N–H and O–H groups in total. The minimum absolute atomic E-state index is 0.295. The third-order valence-electron chi connectivity index (χ3n) is 2.79. The Balaban J connectivity index is 2.16. The number of para-hydroxylation sites is 1. The number of hydrogen-bond acceptors (Lipinski definition) is 4. The number of thiophene rings is 1. The lowest BCUT2D eigenvalue weighted by Gasteiger charge is -2.12. The molecule has 108 valence electrons. The summed E-state index contributed by atoms with van der Waals surface area (Å²) in [5.41, 5.74) is 1.62. The molecular formula is C14H18N2O2S2. The van der Waals surface area contributed by atoms with Crippen LogP contribution < -0.4 is 10.0 Å². The highest BCUT2D eigenvalue weighted by atomic mass is 32.2. The number of rotatable bonds is 7. The summed E-state index contributed by atoms with van der Waals surface area (Å²) in [6.07, 6.45) is 0.941. The van der Waals surface area contributed by atoms with Crippen LogP contribution in [0, 0.1) is 0 Å². The smallest absolute Gasteiger partial charge is 0.242 e. The molecule has 2 rings (SSSR count). The van der Waals surface area contributed by atoms with E-state index in [4.69, 9.17) is 0 Å². The average Bonchev–Trinajstić information content (AvgIpc) is 2.97. The van der Waals surface area contributed by atoms with Gasteiger partial charge in [0.15, 0.2) is 0 Å². The summed E-state index contributed by atoms with van der Waals surface area (Å²) < 4.78 is 27.4. The van der Waals surface area contributed by atoms with Gasteiger partial charge in [-0.05, 0) is 40.9 Å². The lowest BCUT2D eigenvalue weighted by Crippen LogP contribution is -2.24. The van der Waals surface area contributed by atoms with E-state index in [0.717, 1.165) is 18.5 Å². The molecule has 0 bridgehead atoms. The van der Waals surface area contributed by atoms with Gasteiger partial charge in [-0.25, -0.2) is 13.1 Å². The second-order valence-corrected chi connectivity index (χ2v) is 6.89. The van der Waals surface area contributed by atoms with Gasteiger partial charge in [-0.15, -0.1) is 0 Å². The molecule has 1 aromatic carbocycles. The minimum Gasteiger partial charge on any atom is -0.384 e. The molecule has 0 amide bonds.